The minimum Gasteiger partial charge on any atom is -0.497 e. The van der Waals surface area contributed by atoms with Crippen LogP contribution in [0.15, 0.2) is 116 Å². The number of methoxy groups -OCH3 is 1. The van der Waals surface area contributed by atoms with Gasteiger partial charge in [-0.3, -0.25) is 9.55 Å². The van der Waals surface area contributed by atoms with Crippen molar-refractivity contribution in [3.05, 3.63) is 127 Å². The van der Waals surface area contributed by atoms with Gasteiger partial charge >= 0.3 is 0 Å². The quantitative estimate of drug-likeness (QED) is 0.198. The summed E-state index contributed by atoms with van der Waals surface area (Å²) in [7, 11) is 1.65. The standard InChI is InChI=1S/C32H25N5O2S2/c1-38-22-15-17-24(18-16-22)39-23-13-11-21(12-14-23)37-30(29(35-31(37)40)26-8-4-5-19-33-26)27-9-6-20-36(27)32-34-25-7-2-3-10-28(25)41-32/h2-20,29-30H,1H3,(H,35,40)/t29-,30-/m1/s1. The molecule has 0 amide bonds. The molecule has 1 aliphatic heterocycles. The maximum absolute atomic E-state index is 6.07. The van der Waals surface area contributed by atoms with Crippen LogP contribution in [0.25, 0.3) is 15.3 Å². The number of hydrogen-bond donors (Lipinski definition) is 1. The molecule has 202 valence electrons. The van der Waals surface area contributed by atoms with E-state index >= 15 is 0 Å². The summed E-state index contributed by atoms with van der Waals surface area (Å²) in [5.74, 6) is 2.25. The molecule has 1 fully saturated rings. The third-order valence-electron chi connectivity index (χ3n) is 7.08. The first kappa shape index (κ1) is 25.3. The summed E-state index contributed by atoms with van der Waals surface area (Å²) < 4.78 is 14.6. The van der Waals surface area contributed by atoms with Crippen LogP contribution in [0.4, 0.5) is 5.69 Å². The molecule has 1 aliphatic rings. The Bertz CT molecular complexity index is 1780. The van der Waals surface area contributed by atoms with Crippen LogP contribution >= 0.6 is 23.6 Å². The smallest absolute Gasteiger partial charge is 0.194 e. The molecule has 41 heavy (non-hydrogen) atoms. The molecule has 7 rings (SSSR count). The molecule has 7 nitrogen and oxygen atoms in total. The second-order valence-electron chi connectivity index (χ2n) is 9.54. The third-order valence-corrected chi connectivity index (χ3v) is 8.43. The summed E-state index contributed by atoms with van der Waals surface area (Å²) in [4.78, 5) is 11.8. The number of pyridine rings is 1. The number of thiocarbonyl (C=S) groups is 1. The Morgan fingerprint density at radius 2 is 1.56 bits per heavy atom. The number of aromatic nitrogens is 3. The molecular weight excluding hydrogens is 551 g/mol. The lowest BCUT2D eigenvalue weighted by molar-refractivity contribution is 0.413. The van der Waals surface area contributed by atoms with Crippen molar-refractivity contribution in [1.29, 1.82) is 0 Å². The summed E-state index contributed by atoms with van der Waals surface area (Å²) in [5.41, 5.74) is 3.91. The molecule has 0 bridgehead atoms. The Balaban J connectivity index is 1.26. The number of benzene rings is 3. The van der Waals surface area contributed by atoms with Crippen molar-refractivity contribution in [2.75, 3.05) is 12.0 Å². The normalized spacial score (nSPS) is 16.6. The van der Waals surface area contributed by atoms with E-state index in [0.29, 0.717) is 5.11 Å². The van der Waals surface area contributed by atoms with Crippen LogP contribution in [0.1, 0.15) is 23.5 Å². The van der Waals surface area contributed by atoms with Gasteiger partial charge in [0.1, 0.15) is 23.3 Å². The average molecular weight is 576 g/mol. The number of fused-ring (bicyclic) bond motifs is 1. The van der Waals surface area contributed by atoms with Gasteiger partial charge in [-0.2, -0.15) is 0 Å². The zero-order chi connectivity index (χ0) is 27.8. The Morgan fingerprint density at radius 1 is 0.829 bits per heavy atom. The monoisotopic (exact) mass is 575 g/mol. The summed E-state index contributed by atoms with van der Waals surface area (Å²) in [5, 5.41) is 5.09. The van der Waals surface area contributed by atoms with Crippen molar-refractivity contribution in [3.8, 4) is 22.4 Å². The van der Waals surface area contributed by atoms with E-state index < -0.39 is 0 Å². The maximum atomic E-state index is 6.07. The number of para-hydroxylation sites is 1. The van der Waals surface area contributed by atoms with Crippen LogP contribution in [-0.2, 0) is 0 Å². The van der Waals surface area contributed by atoms with Gasteiger partial charge in [0.15, 0.2) is 10.2 Å². The van der Waals surface area contributed by atoms with Crippen molar-refractivity contribution in [1.82, 2.24) is 19.9 Å². The lowest BCUT2D eigenvalue weighted by Crippen LogP contribution is -2.30. The fourth-order valence-corrected chi connectivity index (χ4v) is 6.48. The predicted molar refractivity (Wildman–Crippen MR) is 166 cm³/mol. The Morgan fingerprint density at radius 3 is 2.29 bits per heavy atom. The number of hydrogen-bond acceptors (Lipinski definition) is 6. The molecule has 0 radical (unpaired) electrons. The van der Waals surface area contributed by atoms with Crippen molar-refractivity contribution in [2.24, 2.45) is 0 Å². The van der Waals surface area contributed by atoms with Gasteiger partial charge in [-0.1, -0.05) is 29.5 Å². The van der Waals surface area contributed by atoms with E-state index in [1.807, 2.05) is 91.1 Å². The molecule has 0 aliphatic carbocycles. The molecule has 0 spiro atoms. The highest BCUT2D eigenvalue weighted by atomic mass is 32.1. The molecule has 3 aromatic carbocycles. The van der Waals surface area contributed by atoms with Gasteiger partial charge in [-0.25, -0.2) is 4.98 Å². The van der Waals surface area contributed by atoms with E-state index in [4.69, 9.17) is 31.7 Å². The molecule has 1 N–H and O–H groups in total. The van der Waals surface area contributed by atoms with Gasteiger partial charge in [0.05, 0.1) is 34.8 Å². The summed E-state index contributed by atoms with van der Waals surface area (Å²) in [6.07, 6.45) is 3.88. The van der Waals surface area contributed by atoms with E-state index in [0.717, 1.165) is 49.7 Å². The van der Waals surface area contributed by atoms with E-state index in [1.165, 1.54) is 0 Å². The molecular formula is C32H25N5O2S2. The van der Waals surface area contributed by atoms with Crippen molar-refractivity contribution in [2.45, 2.75) is 12.1 Å². The topological polar surface area (TPSA) is 64.4 Å². The first-order valence-electron chi connectivity index (χ1n) is 13.1. The number of nitrogens with one attached hydrogen (secondary N) is 1. The minimum absolute atomic E-state index is 0.165. The highest BCUT2D eigenvalue weighted by Gasteiger charge is 2.42. The maximum Gasteiger partial charge on any atom is 0.194 e. The average Bonchev–Trinajstić information content (AvgIpc) is 3.75. The summed E-state index contributed by atoms with van der Waals surface area (Å²) >= 11 is 7.61. The summed E-state index contributed by atoms with van der Waals surface area (Å²) in [6, 6.07) is 33.5. The van der Waals surface area contributed by atoms with Crippen molar-refractivity contribution >= 4 is 44.6 Å². The molecule has 3 aromatic heterocycles. The number of anilines is 1. The molecule has 0 unspecified atom stereocenters. The van der Waals surface area contributed by atoms with Crippen LogP contribution in [0.2, 0.25) is 0 Å². The van der Waals surface area contributed by atoms with Crippen LogP contribution in [-0.4, -0.2) is 26.8 Å². The molecule has 4 heterocycles. The van der Waals surface area contributed by atoms with Crippen LogP contribution in [0.3, 0.4) is 0 Å². The van der Waals surface area contributed by atoms with Crippen LogP contribution in [0, 0.1) is 0 Å². The highest BCUT2D eigenvalue weighted by Crippen LogP contribution is 2.43. The number of ether oxygens (including phenoxy) is 2. The Kier molecular flexibility index (Phi) is 6.58. The lowest BCUT2D eigenvalue weighted by Gasteiger charge is -2.28. The predicted octanol–water partition coefficient (Wildman–Crippen LogP) is 7.46. The summed E-state index contributed by atoms with van der Waals surface area (Å²) in [6.45, 7) is 0. The molecule has 0 saturated carbocycles. The molecule has 1 saturated heterocycles. The highest BCUT2D eigenvalue weighted by molar-refractivity contribution is 7.80. The van der Waals surface area contributed by atoms with Gasteiger partial charge in [-0.05, 0) is 97.1 Å². The number of rotatable bonds is 7. The largest absolute Gasteiger partial charge is 0.497 e. The molecule has 9 heteroatoms. The second kappa shape index (κ2) is 10.7. The zero-order valence-corrected chi connectivity index (χ0v) is 23.7. The van der Waals surface area contributed by atoms with Crippen molar-refractivity contribution in [3.63, 3.8) is 0 Å². The van der Waals surface area contributed by atoms with E-state index in [9.17, 15) is 0 Å². The van der Waals surface area contributed by atoms with E-state index in [2.05, 4.69) is 39.2 Å². The Labute approximate surface area is 246 Å². The van der Waals surface area contributed by atoms with Crippen LogP contribution in [0.5, 0.6) is 17.2 Å². The zero-order valence-electron chi connectivity index (χ0n) is 22.0. The first-order chi connectivity index (χ1) is 20.2. The van der Waals surface area contributed by atoms with Gasteiger partial charge in [0.25, 0.3) is 0 Å². The lowest BCUT2D eigenvalue weighted by atomic mass is 10.0. The van der Waals surface area contributed by atoms with Gasteiger partial charge in [0, 0.05) is 18.1 Å². The first-order valence-corrected chi connectivity index (χ1v) is 14.4. The van der Waals surface area contributed by atoms with Crippen LogP contribution < -0.4 is 19.7 Å². The minimum atomic E-state index is -0.173. The Hall–Kier alpha value is -4.73. The fourth-order valence-electron chi connectivity index (χ4n) is 5.16. The van der Waals surface area contributed by atoms with E-state index in [1.54, 1.807) is 18.4 Å². The molecule has 2 atom stereocenters. The van der Waals surface area contributed by atoms with Gasteiger partial charge < -0.3 is 19.7 Å². The number of nitrogens with zero attached hydrogens (tertiary/aromatic N) is 4. The van der Waals surface area contributed by atoms with Crippen molar-refractivity contribution < 1.29 is 9.47 Å². The number of thiazole rings is 1. The second-order valence-corrected chi connectivity index (χ2v) is 10.9. The molecule has 6 aromatic rings. The van der Waals surface area contributed by atoms with E-state index in [-0.39, 0.29) is 12.1 Å². The van der Waals surface area contributed by atoms with Gasteiger partial charge in [0.2, 0.25) is 0 Å². The third kappa shape index (κ3) is 4.79. The SMILES string of the molecule is COc1ccc(Oc2ccc(N3C(=S)N[C@H](c4ccccn4)[C@H]3c3cccn3-c3nc4ccccc4s3)cc2)cc1. The van der Waals surface area contributed by atoms with Gasteiger partial charge in [-0.15, -0.1) is 0 Å². The fraction of sp³-hybridized carbons (Fsp3) is 0.0938.